The molecule has 4 nitrogen and oxygen atoms in total. The Kier molecular flexibility index (Phi) is 7.04. The van der Waals surface area contributed by atoms with Gasteiger partial charge in [0, 0.05) is 26.9 Å². The maximum atomic E-state index is 5.74. The Morgan fingerprint density at radius 1 is 1.35 bits per heavy atom. The van der Waals surface area contributed by atoms with Gasteiger partial charge in [0.1, 0.15) is 0 Å². The zero-order chi connectivity index (χ0) is 12.7. The van der Waals surface area contributed by atoms with Crippen molar-refractivity contribution in [3.8, 4) is 0 Å². The topological polar surface area (TPSA) is 39.7 Å². The van der Waals surface area contributed by atoms with Crippen molar-refractivity contribution >= 4 is 0 Å². The molecule has 3 atom stereocenters. The molecule has 0 aromatic carbocycles. The van der Waals surface area contributed by atoms with Crippen molar-refractivity contribution in [2.75, 3.05) is 20.8 Å². The number of hydrogen-bond acceptors (Lipinski definition) is 4. The van der Waals surface area contributed by atoms with Crippen molar-refractivity contribution < 1.29 is 14.2 Å². The molecule has 0 aliphatic carbocycles. The molecule has 0 radical (unpaired) electrons. The standard InChI is InChI=1S/C13H27NO3/c1-5-6-12-9-11(7-8-17-12)14-10(2)13(15-3)16-4/h10-14H,5-9H2,1-4H3. The SMILES string of the molecule is CCCC1CC(NC(C)C(OC)OC)CCO1. The highest BCUT2D eigenvalue weighted by Gasteiger charge is 2.25. The fraction of sp³-hybridized carbons (Fsp3) is 1.00. The van der Waals surface area contributed by atoms with Crippen LogP contribution in [0.4, 0.5) is 0 Å². The van der Waals surface area contributed by atoms with E-state index in [2.05, 4.69) is 19.2 Å². The average molecular weight is 245 g/mol. The molecule has 0 amide bonds. The van der Waals surface area contributed by atoms with Gasteiger partial charge in [0.25, 0.3) is 0 Å². The van der Waals surface area contributed by atoms with Crippen molar-refractivity contribution in [2.45, 2.75) is 64.0 Å². The fourth-order valence-electron chi connectivity index (χ4n) is 2.51. The van der Waals surface area contributed by atoms with Crippen molar-refractivity contribution in [1.29, 1.82) is 0 Å². The van der Waals surface area contributed by atoms with Gasteiger partial charge in [-0.15, -0.1) is 0 Å². The second kappa shape index (κ2) is 8.03. The molecular formula is C13H27NO3. The first-order chi connectivity index (χ1) is 8.21. The molecule has 1 heterocycles. The second-order valence-electron chi connectivity index (χ2n) is 4.80. The van der Waals surface area contributed by atoms with Gasteiger partial charge < -0.3 is 19.5 Å². The van der Waals surface area contributed by atoms with E-state index in [4.69, 9.17) is 14.2 Å². The number of ether oxygens (including phenoxy) is 3. The van der Waals surface area contributed by atoms with E-state index in [0.29, 0.717) is 12.1 Å². The second-order valence-corrected chi connectivity index (χ2v) is 4.80. The average Bonchev–Trinajstić information content (AvgIpc) is 2.31. The number of rotatable bonds is 7. The van der Waals surface area contributed by atoms with Crippen LogP contribution in [0.25, 0.3) is 0 Å². The summed E-state index contributed by atoms with van der Waals surface area (Å²) in [5.74, 6) is 0. The maximum Gasteiger partial charge on any atom is 0.171 e. The van der Waals surface area contributed by atoms with E-state index < -0.39 is 0 Å². The van der Waals surface area contributed by atoms with E-state index in [9.17, 15) is 0 Å². The van der Waals surface area contributed by atoms with Crippen molar-refractivity contribution in [1.82, 2.24) is 5.32 Å². The lowest BCUT2D eigenvalue weighted by atomic mass is 9.99. The number of nitrogens with one attached hydrogen (secondary N) is 1. The molecule has 0 aromatic heterocycles. The summed E-state index contributed by atoms with van der Waals surface area (Å²) in [6.45, 7) is 5.16. The van der Waals surface area contributed by atoms with E-state index in [1.54, 1.807) is 14.2 Å². The summed E-state index contributed by atoms with van der Waals surface area (Å²) < 4.78 is 16.3. The number of methoxy groups -OCH3 is 2. The third-order valence-corrected chi connectivity index (χ3v) is 3.35. The molecule has 1 aliphatic rings. The van der Waals surface area contributed by atoms with Crippen LogP contribution in [0.5, 0.6) is 0 Å². The summed E-state index contributed by atoms with van der Waals surface area (Å²) in [6, 6.07) is 0.721. The lowest BCUT2D eigenvalue weighted by Crippen LogP contribution is -2.48. The third-order valence-electron chi connectivity index (χ3n) is 3.35. The molecule has 3 unspecified atom stereocenters. The van der Waals surface area contributed by atoms with Crippen LogP contribution in [-0.2, 0) is 14.2 Å². The third kappa shape index (κ3) is 4.92. The maximum absolute atomic E-state index is 5.74. The predicted molar refractivity (Wildman–Crippen MR) is 68.1 cm³/mol. The molecule has 1 N–H and O–H groups in total. The first-order valence-corrected chi connectivity index (χ1v) is 6.64. The van der Waals surface area contributed by atoms with E-state index in [1.165, 1.54) is 6.42 Å². The van der Waals surface area contributed by atoms with Crippen LogP contribution in [0.1, 0.15) is 39.5 Å². The monoisotopic (exact) mass is 245 g/mol. The van der Waals surface area contributed by atoms with Gasteiger partial charge in [0.2, 0.25) is 0 Å². The van der Waals surface area contributed by atoms with Gasteiger partial charge >= 0.3 is 0 Å². The molecule has 102 valence electrons. The van der Waals surface area contributed by atoms with E-state index in [1.807, 2.05) is 0 Å². The van der Waals surface area contributed by atoms with Crippen LogP contribution in [0, 0.1) is 0 Å². The van der Waals surface area contributed by atoms with Crippen LogP contribution < -0.4 is 5.32 Å². The van der Waals surface area contributed by atoms with Gasteiger partial charge in [-0.1, -0.05) is 13.3 Å². The van der Waals surface area contributed by atoms with Crippen molar-refractivity contribution in [2.24, 2.45) is 0 Å². The summed E-state index contributed by atoms with van der Waals surface area (Å²) in [4.78, 5) is 0. The minimum Gasteiger partial charge on any atom is -0.378 e. The Morgan fingerprint density at radius 2 is 2.06 bits per heavy atom. The Hall–Kier alpha value is -0.160. The first kappa shape index (κ1) is 14.9. The smallest absolute Gasteiger partial charge is 0.171 e. The lowest BCUT2D eigenvalue weighted by molar-refractivity contribution is -0.123. The molecule has 17 heavy (non-hydrogen) atoms. The fourth-order valence-corrected chi connectivity index (χ4v) is 2.51. The quantitative estimate of drug-likeness (QED) is 0.696. The molecule has 1 aliphatic heterocycles. The molecule has 0 spiro atoms. The summed E-state index contributed by atoms with van der Waals surface area (Å²) in [6.07, 6.45) is 4.75. The van der Waals surface area contributed by atoms with Crippen molar-refractivity contribution in [3.05, 3.63) is 0 Å². The Morgan fingerprint density at radius 3 is 2.65 bits per heavy atom. The van der Waals surface area contributed by atoms with Crippen LogP contribution >= 0.6 is 0 Å². The van der Waals surface area contributed by atoms with E-state index >= 15 is 0 Å². The van der Waals surface area contributed by atoms with Gasteiger partial charge in [0.15, 0.2) is 6.29 Å². The van der Waals surface area contributed by atoms with Gasteiger partial charge in [-0.2, -0.15) is 0 Å². The molecule has 1 fully saturated rings. The predicted octanol–water partition coefficient (Wildman–Crippen LogP) is 1.93. The highest BCUT2D eigenvalue weighted by Crippen LogP contribution is 2.18. The van der Waals surface area contributed by atoms with Gasteiger partial charge in [-0.05, 0) is 26.2 Å². The van der Waals surface area contributed by atoms with Gasteiger partial charge in [0.05, 0.1) is 12.1 Å². The molecule has 4 heteroatoms. The summed E-state index contributed by atoms with van der Waals surface area (Å²) >= 11 is 0. The normalized spacial score (nSPS) is 27.4. The minimum absolute atomic E-state index is 0.178. The molecule has 1 saturated heterocycles. The summed E-state index contributed by atoms with van der Waals surface area (Å²) in [5, 5.41) is 3.58. The minimum atomic E-state index is -0.178. The number of hydrogen-bond donors (Lipinski definition) is 1. The van der Waals surface area contributed by atoms with Crippen molar-refractivity contribution in [3.63, 3.8) is 0 Å². The lowest BCUT2D eigenvalue weighted by Gasteiger charge is -2.33. The zero-order valence-corrected chi connectivity index (χ0v) is 11.6. The van der Waals surface area contributed by atoms with Crippen LogP contribution in [-0.4, -0.2) is 45.3 Å². The zero-order valence-electron chi connectivity index (χ0n) is 11.6. The van der Waals surface area contributed by atoms with Gasteiger partial charge in [-0.3, -0.25) is 0 Å². The Balaban J connectivity index is 2.34. The van der Waals surface area contributed by atoms with Gasteiger partial charge in [-0.25, -0.2) is 0 Å². The molecule has 0 saturated carbocycles. The van der Waals surface area contributed by atoms with E-state index in [0.717, 1.165) is 25.9 Å². The summed E-state index contributed by atoms with van der Waals surface area (Å²) in [7, 11) is 3.35. The Bertz CT molecular complexity index is 195. The highest BCUT2D eigenvalue weighted by molar-refractivity contribution is 4.80. The molecular weight excluding hydrogens is 218 g/mol. The van der Waals surface area contributed by atoms with E-state index in [-0.39, 0.29) is 12.3 Å². The Labute approximate surface area is 105 Å². The van der Waals surface area contributed by atoms with Crippen LogP contribution in [0.2, 0.25) is 0 Å². The highest BCUT2D eigenvalue weighted by atomic mass is 16.7. The molecule has 0 aromatic rings. The largest absolute Gasteiger partial charge is 0.378 e. The molecule has 1 rings (SSSR count). The van der Waals surface area contributed by atoms with Crippen LogP contribution in [0.3, 0.4) is 0 Å². The molecule has 0 bridgehead atoms. The van der Waals surface area contributed by atoms with Crippen LogP contribution in [0.15, 0.2) is 0 Å². The first-order valence-electron chi connectivity index (χ1n) is 6.64. The summed E-state index contributed by atoms with van der Waals surface area (Å²) in [5.41, 5.74) is 0.